The smallest absolute Gasteiger partial charge is 0.303 e. The van der Waals surface area contributed by atoms with Crippen LogP contribution in [0.15, 0.2) is 16.1 Å². The first-order chi connectivity index (χ1) is 12.8. The molecule has 2 aromatic heterocycles. The van der Waals surface area contributed by atoms with Gasteiger partial charge in [0.05, 0.1) is 23.6 Å². The summed E-state index contributed by atoms with van der Waals surface area (Å²) in [5.41, 5.74) is 0.0624. The Morgan fingerprint density at radius 1 is 1.56 bits per heavy atom. The van der Waals surface area contributed by atoms with Gasteiger partial charge >= 0.3 is 5.97 Å². The molecule has 3 heterocycles. The average molecular weight is 441 g/mol. The third kappa shape index (κ3) is 3.88. The molecule has 11 heteroatoms. The number of hydrogen-bond donors (Lipinski definition) is 1. The summed E-state index contributed by atoms with van der Waals surface area (Å²) >= 11 is 3.57. The number of nitrogens with zero attached hydrogens (tertiary/aromatic N) is 5. The fourth-order valence-electron chi connectivity index (χ4n) is 2.89. The van der Waals surface area contributed by atoms with E-state index in [1.54, 1.807) is 9.47 Å². The Hall–Kier alpha value is -2.27. The third-order valence-electron chi connectivity index (χ3n) is 4.07. The van der Waals surface area contributed by atoms with Gasteiger partial charge in [0.1, 0.15) is 0 Å². The lowest BCUT2D eigenvalue weighted by Gasteiger charge is -2.21. The SMILES string of the molecule is CC[C@H]1O[C@@H](n2cnc3c(=O)[nH]c(N=CN(C)C)nc32)[C@H](OC(C)=O)[C@H]1Br. The standard InChI is InChI=1S/C16H21BrN6O4/c1-5-9-10(17)12(26-8(2)24)15(27-9)23-7-18-11-13(23)20-16(21-14(11)25)19-6-22(3)4/h6-7,9-10,12,15H,5H2,1-4H3,(H,20,21,25)/t9-,10+,12-,15-/m1/s1. The molecule has 0 amide bonds. The normalized spacial score (nSPS) is 25.4. The topological polar surface area (TPSA) is 115 Å². The molecule has 0 saturated carbocycles. The number of aliphatic imine (C=N–C) groups is 1. The zero-order valence-corrected chi connectivity index (χ0v) is 17.0. The van der Waals surface area contributed by atoms with E-state index in [-0.39, 0.29) is 22.4 Å². The molecule has 0 radical (unpaired) electrons. The van der Waals surface area contributed by atoms with Crippen molar-refractivity contribution in [3.05, 3.63) is 16.7 Å². The van der Waals surface area contributed by atoms with Crippen LogP contribution in [0.1, 0.15) is 26.5 Å². The number of carbonyl (C=O) groups excluding carboxylic acids is 1. The Kier molecular flexibility index (Phi) is 5.61. The van der Waals surface area contributed by atoms with E-state index in [0.29, 0.717) is 5.65 Å². The molecule has 0 unspecified atom stereocenters. The van der Waals surface area contributed by atoms with Gasteiger partial charge < -0.3 is 14.4 Å². The summed E-state index contributed by atoms with van der Waals surface area (Å²) in [5, 5.41) is 0. The molecule has 1 aliphatic heterocycles. The van der Waals surface area contributed by atoms with E-state index in [1.165, 1.54) is 19.6 Å². The Morgan fingerprint density at radius 2 is 2.30 bits per heavy atom. The van der Waals surface area contributed by atoms with E-state index in [4.69, 9.17) is 9.47 Å². The maximum absolute atomic E-state index is 12.3. The van der Waals surface area contributed by atoms with Crippen LogP contribution < -0.4 is 5.56 Å². The zero-order chi connectivity index (χ0) is 19.7. The lowest BCUT2D eigenvalue weighted by atomic mass is 10.1. The first-order valence-electron chi connectivity index (χ1n) is 8.46. The molecule has 10 nitrogen and oxygen atoms in total. The molecule has 1 fully saturated rings. The Bertz CT molecular complexity index is 923. The fourth-order valence-corrected chi connectivity index (χ4v) is 3.76. The highest BCUT2D eigenvalue weighted by molar-refractivity contribution is 9.09. The van der Waals surface area contributed by atoms with Gasteiger partial charge in [-0.3, -0.25) is 19.1 Å². The number of imidazole rings is 1. The Morgan fingerprint density at radius 3 is 2.93 bits per heavy atom. The van der Waals surface area contributed by atoms with Crippen LogP contribution in [-0.4, -0.2) is 67.9 Å². The molecule has 2 aromatic rings. The van der Waals surface area contributed by atoms with Crippen LogP contribution in [0, 0.1) is 0 Å². The second-order valence-corrected chi connectivity index (χ2v) is 7.47. The van der Waals surface area contributed by atoms with Gasteiger partial charge in [-0.15, -0.1) is 0 Å². The van der Waals surface area contributed by atoms with E-state index in [2.05, 4.69) is 35.9 Å². The predicted octanol–water partition coefficient (Wildman–Crippen LogP) is 1.34. The molecule has 1 aliphatic rings. The number of ether oxygens (including phenoxy) is 2. The summed E-state index contributed by atoms with van der Waals surface area (Å²) in [6, 6.07) is 0. The number of esters is 1. The largest absolute Gasteiger partial charge is 0.456 e. The minimum Gasteiger partial charge on any atom is -0.456 e. The first kappa shape index (κ1) is 19.5. The van der Waals surface area contributed by atoms with Crippen molar-refractivity contribution in [2.24, 2.45) is 4.99 Å². The molecule has 1 saturated heterocycles. The van der Waals surface area contributed by atoms with Crippen molar-refractivity contribution in [3.63, 3.8) is 0 Å². The maximum Gasteiger partial charge on any atom is 0.303 e. The lowest BCUT2D eigenvalue weighted by molar-refractivity contribution is -0.151. The summed E-state index contributed by atoms with van der Waals surface area (Å²) in [5.74, 6) is -0.270. The van der Waals surface area contributed by atoms with E-state index in [9.17, 15) is 9.59 Å². The zero-order valence-electron chi connectivity index (χ0n) is 15.4. The number of hydrogen-bond acceptors (Lipinski definition) is 7. The van der Waals surface area contributed by atoms with Crippen LogP contribution in [0.5, 0.6) is 0 Å². The summed E-state index contributed by atoms with van der Waals surface area (Å²) in [6.07, 6.45) is 2.31. The number of aromatic amines is 1. The molecule has 1 N–H and O–H groups in total. The second-order valence-electron chi connectivity index (χ2n) is 6.41. The quantitative estimate of drug-likeness (QED) is 0.322. The van der Waals surface area contributed by atoms with Crippen LogP contribution in [0.4, 0.5) is 5.95 Å². The van der Waals surface area contributed by atoms with Crippen LogP contribution in [-0.2, 0) is 14.3 Å². The molecule has 0 aromatic carbocycles. The van der Waals surface area contributed by atoms with Gasteiger partial charge in [0.15, 0.2) is 23.5 Å². The number of H-pyrrole nitrogens is 1. The van der Waals surface area contributed by atoms with Crippen molar-refractivity contribution >= 4 is 45.4 Å². The average Bonchev–Trinajstić information content (AvgIpc) is 3.15. The van der Waals surface area contributed by atoms with E-state index in [1.807, 2.05) is 21.0 Å². The van der Waals surface area contributed by atoms with Gasteiger partial charge in [0, 0.05) is 21.0 Å². The van der Waals surface area contributed by atoms with E-state index < -0.39 is 23.9 Å². The number of halogens is 1. The van der Waals surface area contributed by atoms with Crippen LogP contribution >= 0.6 is 15.9 Å². The highest BCUT2D eigenvalue weighted by atomic mass is 79.9. The Labute approximate surface area is 163 Å². The minimum atomic E-state index is -0.659. The fraction of sp³-hybridized carbons (Fsp3) is 0.562. The highest BCUT2D eigenvalue weighted by Gasteiger charge is 2.46. The van der Waals surface area contributed by atoms with Gasteiger partial charge in [0.25, 0.3) is 5.56 Å². The molecule has 0 bridgehead atoms. The van der Waals surface area contributed by atoms with Crippen molar-refractivity contribution in [1.82, 2.24) is 24.4 Å². The monoisotopic (exact) mass is 440 g/mol. The van der Waals surface area contributed by atoms with Crippen molar-refractivity contribution in [1.29, 1.82) is 0 Å². The first-order valence-corrected chi connectivity index (χ1v) is 9.37. The van der Waals surface area contributed by atoms with Crippen LogP contribution in [0.25, 0.3) is 11.2 Å². The predicted molar refractivity (Wildman–Crippen MR) is 102 cm³/mol. The molecule has 4 atom stereocenters. The van der Waals surface area contributed by atoms with Crippen molar-refractivity contribution in [2.45, 2.75) is 43.5 Å². The van der Waals surface area contributed by atoms with Crippen molar-refractivity contribution < 1.29 is 14.3 Å². The number of rotatable bonds is 5. The molecule has 146 valence electrons. The van der Waals surface area contributed by atoms with Gasteiger partial charge in [-0.25, -0.2) is 9.98 Å². The third-order valence-corrected chi connectivity index (χ3v) is 5.18. The molecular weight excluding hydrogens is 420 g/mol. The second kappa shape index (κ2) is 7.77. The maximum atomic E-state index is 12.3. The number of fused-ring (bicyclic) bond motifs is 1. The molecular formula is C16H21BrN6O4. The molecule has 0 spiro atoms. The van der Waals surface area contributed by atoms with Gasteiger partial charge in [-0.1, -0.05) is 22.9 Å². The summed E-state index contributed by atoms with van der Waals surface area (Å²) in [4.78, 5) is 40.7. The number of alkyl halides is 1. The lowest BCUT2D eigenvalue weighted by Crippen LogP contribution is -2.31. The van der Waals surface area contributed by atoms with Crippen LogP contribution in [0.2, 0.25) is 0 Å². The van der Waals surface area contributed by atoms with E-state index >= 15 is 0 Å². The van der Waals surface area contributed by atoms with Crippen LogP contribution in [0.3, 0.4) is 0 Å². The summed E-state index contributed by atoms with van der Waals surface area (Å²) < 4.78 is 13.1. The molecule has 27 heavy (non-hydrogen) atoms. The number of aromatic nitrogens is 4. The Balaban J connectivity index is 2.07. The molecule has 3 rings (SSSR count). The van der Waals surface area contributed by atoms with Gasteiger partial charge in [0.2, 0.25) is 5.95 Å². The van der Waals surface area contributed by atoms with Crippen molar-refractivity contribution in [2.75, 3.05) is 14.1 Å². The minimum absolute atomic E-state index is 0.146. The van der Waals surface area contributed by atoms with Gasteiger partial charge in [-0.05, 0) is 6.42 Å². The molecule has 0 aliphatic carbocycles. The van der Waals surface area contributed by atoms with E-state index in [0.717, 1.165) is 6.42 Å². The van der Waals surface area contributed by atoms with Gasteiger partial charge in [-0.2, -0.15) is 4.98 Å². The number of carbonyl (C=O) groups is 1. The highest BCUT2D eigenvalue weighted by Crippen LogP contribution is 2.38. The number of nitrogens with one attached hydrogen (secondary N) is 1. The van der Waals surface area contributed by atoms with Crippen molar-refractivity contribution in [3.8, 4) is 0 Å². The summed E-state index contributed by atoms with van der Waals surface area (Å²) in [7, 11) is 3.61. The summed E-state index contributed by atoms with van der Waals surface area (Å²) in [6.45, 7) is 3.33.